The lowest BCUT2D eigenvalue weighted by atomic mass is 9.82. The van der Waals surface area contributed by atoms with Crippen LogP contribution in [0.5, 0.6) is 34.5 Å². The van der Waals surface area contributed by atoms with Crippen LogP contribution in [-0.4, -0.2) is 112 Å². The van der Waals surface area contributed by atoms with Crippen LogP contribution in [0.4, 0.5) is 18.3 Å². The maximum absolute atomic E-state index is 13.3. The number of hydrogen-bond donors (Lipinski definition) is 2. The number of thiazole rings is 1. The van der Waals surface area contributed by atoms with Crippen molar-refractivity contribution in [2.24, 2.45) is 28.8 Å². The zero-order valence-corrected chi connectivity index (χ0v) is 41.6. The van der Waals surface area contributed by atoms with E-state index < -0.39 is 12.6 Å². The highest BCUT2D eigenvalue weighted by Crippen LogP contribution is 2.35. The van der Waals surface area contributed by atoms with Gasteiger partial charge in [-0.05, 0) is 148 Å². The number of rotatable bonds is 28. The van der Waals surface area contributed by atoms with Crippen LogP contribution in [0.3, 0.4) is 0 Å². The normalized spacial score (nSPS) is 18.1. The Hall–Kier alpha value is -5.99. The standard InChI is InChI=1S/C54H64F3N3O12S/c55-54(56,57)24-3-25-60(53-59-48-4-1-2-5-50(48)73-53)58-35-42-34-47(69-36-38-6-10-40(11-7-38)51(63)71-45-18-14-43(15-19-45)67-32-30-65-28-26-61)22-23-49(42)70-37-39-8-12-41(13-9-39)52(64)72-46-20-16-44(17-21-46)68-33-31-66-29-27-62/h1-2,4-5,14-23,34-35,38-41,61-62H,3,6-13,24-33,36-37H2/b58-35+. The summed E-state index contributed by atoms with van der Waals surface area (Å²) in [5, 5.41) is 24.3. The Morgan fingerprint density at radius 1 is 0.644 bits per heavy atom. The van der Waals surface area contributed by atoms with E-state index in [-0.39, 0.29) is 75.0 Å². The van der Waals surface area contributed by atoms with E-state index in [0.29, 0.717) is 111 Å². The van der Waals surface area contributed by atoms with Crippen molar-refractivity contribution in [1.29, 1.82) is 0 Å². The van der Waals surface area contributed by atoms with E-state index in [4.69, 9.17) is 53.2 Å². The minimum absolute atomic E-state index is 0.0167. The van der Waals surface area contributed by atoms with Gasteiger partial charge in [0.25, 0.3) is 0 Å². The van der Waals surface area contributed by atoms with Gasteiger partial charge in [0.15, 0.2) is 0 Å². The van der Waals surface area contributed by atoms with Gasteiger partial charge in [-0.2, -0.15) is 18.3 Å². The lowest BCUT2D eigenvalue weighted by Gasteiger charge is -2.28. The van der Waals surface area contributed by atoms with Crippen molar-refractivity contribution in [3.05, 3.63) is 96.6 Å². The molecule has 2 fully saturated rings. The molecule has 2 N–H and O–H groups in total. The highest BCUT2D eigenvalue weighted by Gasteiger charge is 2.31. The van der Waals surface area contributed by atoms with Gasteiger partial charge in [0, 0.05) is 18.5 Å². The Balaban J connectivity index is 0.944. The number of carbonyl (C=O) groups excluding carboxylic acids is 2. The Kier molecular flexibility index (Phi) is 21.4. The molecule has 73 heavy (non-hydrogen) atoms. The van der Waals surface area contributed by atoms with Crippen LogP contribution in [0.1, 0.15) is 69.8 Å². The predicted molar refractivity (Wildman–Crippen MR) is 269 cm³/mol. The number of hydrogen-bond acceptors (Lipinski definition) is 16. The molecule has 0 amide bonds. The number of benzene rings is 4. The number of esters is 2. The number of aromatic nitrogens is 1. The highest BCUT2D eigenvalue weighted by molar-refractivity contribution is 7.22. The molecule has 4 aromatic carbocycles. The summed E-state index contributed by atoms with van der Waals surface area (Å²) in [6.45, 7) is 2.51. The minimum atomic E-state index is -4.32. The van der Waals surface area contributed by atoms with Crippen molar-refractivity contribution < 1.29 is 70.9 Å². The Morgan fingerprint density at radius 3 is 1.70 bits per heavy atom. The second kappa shape index (κ2) is 28.5. The summed E-state index contributed by atoms with van der Waals surface area (Å²) >= 11 is 1.35. The first-order chi connectivity index (χ1) is 35.5. The molecular formula is C54H64F3N3O12S. The Bertz CT molecular complexity index is 2440. The SMILES string of the molecule is O=C(Oc1ccc(OCCOCCO)cc1)C1CCC(COc2ccc(OCC3CCC(C(=O)Oc4ccc(OCCOCCO)cc4)CC3)c(/C=N/N(CCCC(F)(F)F)c3nc4ccccc4s3)c2)CC1. The molecule has 0 radical (unpaired) electrons. The van der Waals surface area contributed by atoms with E-state index in [0.717, 1.165) is 35.9 Å². The summed E-state index contributed by atoms with van der Waals surface area (Å²) in [5.41, 5.74) is 1.29. The third kappa shape index (κ3) is 18.2. The lowest BCUT2D eigenvalue weighted by molar-refractivity contribution is -0.141. The molecule has 0 aliphatic heterocycles. The minimum Gasteiger partial charge on any atom is -0.493 e. The van der Waals surface area contributed by atoms with Crippen LogP contribution < -0.4 is 33.4 Å². The fourth-order valence-corrected chi connectivity index (χ4v) is 9.46. The molecule has 7 rings (SSSR count). The monoisotopic (exact) mass is 1040 g/mol. The van der Waals surface area contributed by atoms with E-state index in [1.165, 1.54) is 16.3 Å². The van der Waals surface area contributed by atoms with Crippen LogP contribution >= 0.6 is 11.3 Å². The van der Waals surface area contributed by atoms with E-state index >= 15 is 0 Å². The molecule has 0 saturated heterocycles. The molecule has 394 valence electrons. The predicted octanol–water partition coefficient (Wildman–Crippen LogP) is 9.84. The first-order valence-corrected chi connectivity index (χ1v) is 25.7. The van der Waals surface area contributed by atoms with Crippen molar-refractivity contribution in [1.82, 2.24) is 4.98 Å². The zero-order valence-electron chi connectivity index (χ0n) is 40.8. The molecule has 0 bridgehead atoms. The van der Waals surface area contributed by atoms with Gasteiger partial charge in [0.1, 0.15) is 47.7 Å². The zero-order chi connectivity index (χ0) is 51.3. The third-order valence-corrected chi connectivity index (χ3v) is 13.6. The summed E-state index contributed by atoms with van der Waals surface area (Å²) in [6, 6.07) is 26.6. The van der Waals surface area contributed by atoms with Crippen molar-refractivity contribution in [2.75, 3.05) is 77.6 Å². The van der Waals surface area contributed by atoms with Gasteiger partial charge in [-0.1, -0.05) is 23.5 Å². The van der Waals surface area contributed by atoms with E-state index in [9.17, 15) is 22.8 Å². The van der Waals surface area contributed by atoms with Crippen LogP contribution in [0.15, 0.2) is 96.1 Å². The van der Waals surface area contributed by atoms with E-state index in [2.05, 4.69) is 4.98 Å². The maximum atomic E-state index is 13.3. The molecule has 0 atom stereocenters. The van der Waals surface area contributed by atoms with Crippen molar-refractivity contribution in [3.63, 3.8) is 0 Å². The number of fused-ring (bicyclic) bond motifs is 1. The van der Waals surface area contributed by atoms with Crippen molar-refractivity contribution >= 4 is 44.8 Å². The second-order valence-electron chi connectivity index (χ2n) is 18.0. The average molecular weight is 1040 g/mol. The topological polar surface area (TPSA) is 177 Å². The Labute approximate surface area is 427 Å². The highest BCUT2D eigenvalue weighted by atomic mass is 32.1. The number of ether oxygens (including phenoxy) is 8. The number of anilines is 1. The number of halogens is 3. The number of alkyl halides is 3. The number of nitrogens with zero attached hydrogens (tertiary/aromatic N) is 3. The summed E-state index contributed by atoms with van der Waals surface area (Å²) in [7, 11) is 0. The van der Waals surface area contributed by atoms with E-state index in [1.807, 2.05) is 42.5 Å². The third-order valence-electron chi connectivity index (χ3n) is 12.5. The van der Waals surface area contributed by atoms with Gasteiger partial charge in [0.2, 0.25) is 5.13 Å². The number of para-hydroxylation sites is 1. The van der Waals surface area contributed by atoms with E-state index in [1.54, 1.807) is 54.7 Å². The first-order valence-electron chi connectivity index (χ1n) is 24.9. The lowest BCUT2D eigenvalue weighted by Crippen LogP contribution is -2.28. The number of aliphatic hydroxyl groups excluding tert-OH is 2. The van der Waals surface area contributed by atoms with Crippen LogP contribution in [-0.2, 0) is 19.1 Å². The van der Waals surface area contributed by atoms with Gasteiger partial charge in [-0.25, -0.2) is 9.99 Å². The maximum Gasteiger partial charge on any atom is 0.389 e. The smallest absolute Gasteiger partial charge is 0.389 e. The number of carbonyl (C=O) groups is 2. The second-order valence-corrected chi connectivity index (χ2v) is 19.0. The van der Waals surface area contributed by atoms with Crippen LogP contribution in [0.25, 0.3) is 10.2 Å². The molecule has 15 nitrogen and oxygen atoms in total. The fraction of sp³-hybridized carbons (Fsp3) is 0.481. The molecule has 0 unspecified atom stereocenters. The molecule has 1 aromatic heterocycles. The average Bonchev–Trinajstić information content (AvgIpc) is 3.84. The van der Waals surface area contributed by atoms with Gasteiger partial charge >= 0.3 is 18.1 Å². The van der Waals surface area contributed by atoms with Crippen LogP contribution in [0.2, 0.25) is 0 Å². The summed E-state index contributed by atoms with van der Waals surface area (Å²) in [4.78, 5) is 30.9. The van der Waals surface area contributed by atoms with Gasteiger partial charge < -0.3 is 48.1 Å². The van der Waals surface area contributed by atoms with Gasteiger partial charge in [0.05, 0.1) is 81.1 Å². The molecular weight excluding hydrogens is 972 g/mol. The summed E-state index contributed by atoms with van der Waals surface area (Å²) in [5.74, 6) is 2.46. The van der Waals surface area contributed by atoms with Crippen molar-refractivity contribution in [2.45, 2.75) is 70.4 Å². The fourth-order valence-electron chi connectivity index (χ4n) is 8.51. The Morgan fingerprint density at radius 2 is 1.16 bits per heavy atom. The molecule has 19 heteroatoms. The van der Waals surface area contributed by atoms with Gasteiger partial charge in [-0.15, -0.1) is 0 Å². The largest absolute Gasteiger partial charge is 0.493 e. The molecule has 2 saturated carbocycles. The van der Waals surface area contributed by atoms with Gasteiger partial charge in [-0.3, -0.25) is 9.59 Å². The van der Waals surface area contributed by atoms with Crippen molar-refractivity contribution in [3.8, 4) is 34.5 Å². The molecule has 0 spiro atoms. The number of aliphatic hydroxyl groups is 2. The van der Waals surface area contributed by atoms with Crippen LogP contribution in [0, 0.1) is 23.7 Å². The molecule has 2 aliphatic rings. The summed E-state index contributed by atoms with van der Waals surface area (Å²) < 4.78 is 86.7. The molecule has 5 aromatic rings. The summed E-state index contributed by atoms with van der Waals surface area (Å²) in [6.07, 6.45) is 1.70. The first kappa shape index (κ1) is 54.8. The number of hydrazone groups is 1. The molecule has 2 aliphatic carbocycles. The quantitative estimate of drug-likeness (QED) is 0.0159. The molecule has 1 heterocycles.